The Morgan fingerprint density at radius 1 is 1.44 bits per heavy atom. The number of amides is 1. The molecule has 0 aliphatic carbocycles. The van der Waals surface area contributed by atoms with Crippen LogP contribution in [0.5, 0.6) is 0 Å². The summed E-state index contributed by atoms with van der Waals surface area (Å²) in [5.74, 6) is 0. The maximum Gasteiger partial charge on any atom is 0.410 e. The third-order valence-electron chi connectivity index (χ3n) is 3.06. The van der Waals surface area contributed by atoms with Crippen molar-refractivity contribution in [3.63, 3.8) is 0 Å². The first-order chi connectivity index (χ1) is 8.47. The Hall–Kier alpha value is -1.45. The fraction of sp³-hybridized carbons (Fsp3) is 0.643. The Balaban J connectivity index is 2.11. The molecule has 0 aromatic carbocycles. The smallest absolute Gasteiger partial charge is 0.410 e. The highest BCUT2D eigenvalue weighted by Gasteiger charge is 2.31. The van der Waals surface area contributed by atoms with Gasteiger partial charge in [0, 0.05) is 12.1 Å². The van der Waals surface area contributed by atoms with Gasteiger partial charge >= 0.3 is 6.09 Å². The number of hydrogen-bond donors (Lipinski definition) is 0. The van der Waals surface area contributed by atoms with Crippen molar-refractivity contribution in [3.05, 3.63) is 24.2 Å². The van der Waals surface area contributed by atoms with Gasteiger partial charge in [-0.25, -0.2) is 4.79 Å². The van der Waals surface area contributed by atoms with Crippen LogP contribution in [0.25, 0.3) is 0 Å². The monoisotopic (exact) mass is 251 g/mol. The number of furan rings is 1. The van der Waals surface area contributed by atoms with Gasteiger partial charge in [0.05, 0.1) is 18.6 Å². The number of hydrogen-bond acceptors (Lipinski definition) is 3. The minimum absolute atomic E-state index is 0.0901. The molecule has 0 unspecified atom stereocenters. The van der Waals surface area contributed by atoms with E-state index in [4.69, 9.17) is 9.15 Å². The van der Waals surface area contributed by atoms with Crippen molar-refractivity contribution >= 4 is 6.09 Å². The fourth-order valence-electron chi connectivity index (χ4n) is 2.28. The van der Waals surface area contributed by atoms with E-state index in [1.165, 1.54) is 0 Å². The molecule has 1 aliphatic rings. The molecule has 0 saturated carbocycles. The van der Waals surface area contributed by atoms with Gasteiger partial charge in [0.2, 0.25) is 0 Å². The molecule has 1 aliphatic heterocycles. The predicted octanol–water partition coefficient (Wildman–Crippen LogP) is 3.74. The van der Waals surface area contributed by atoms with Gasteiger partial charge in [-0.15, -0.1) is 0 Å². The lowest BCUT2D eigenvalue weighted by Gasteiger charge is -2.36. The second kappa shape index (κ2) is 5.04. The van der Waals surface area contributed by atoms with Crippen LogP contribution in [-0.2, 0) is 4.74 Å². The predicted molar refractivity (Wildman–Crippen MR) is 68.2 cm³/mol. The summed E-state index contributed by atoms with van der Waals surface area (Å²) in [7, 11) is 0. The zero-order valence-electron chi connectivity index (χ0n) is 11.3. The summed E-state index contributed by atoms with van der Waals surface area (Å²) in [5, 5.41) is 0. The van der Waals surface area contributed by atoms with Crippen LogP contribution >= 0.6 is 0 Å². The zero-order chi connectivity index (χ0) is 13.2. The van der Waals surface area contributed by atoms with Crippen molar-refractivity contribution in [1.82, 2.24) is 4.90 Å². The van der Waals surface area contributed by atoms with E-state index in [0.29, 0.717) is 0 Å². The van der Waals surface area contributed by atoms with Crippen molar-refractivity contribution in [1.29, 1.82) is 0 Å². The number of likely N-dealkylation sites (tertiary alicyclic amines) is 1. The number of rotatable bonds is 1. The first-order valence-corrected chi connectivity index (χ1v) is 6.49. The van der Waals surface area contributed by atoms with Crippen LogP contribution in [-0.4, -0.2) is 23.1 Å². The van der Waals surface area contributed by atoms with Crippen molar-refractivity contribution in [3.8, 4) is 0 Å². The maximum atomic E-state index is 12.2. The highest BCUT2D eigenvalue weighted by atomic mass is 16.6. The van der Waals surface area contributed by atoms with E-state index in [-0.39, 0.29) is 12.1 Å². The van der Waals surface area contributed by atoms with E-state index in [1.807, 2.05) is 31.7 Å². The summed E-state index contributed by atoms with van der Waals surface area (Å²) in [6.45, 7) is 6.43. The normalized spacial score (nSPS) is 20.8. The van der Waals surface area contributed by atoms with Gasteiger partial charge in [0.1, 0.15) is 5.60 Å². The second-order valence-corrected chi connectivity index (χ2v) is 5.74. The molecule has 0 spiro atoms. The summed E-state index contributed by atoms with van der Waals surface area (Å²) in [6.07, 6.45) is 6.28. The zero-order valence-corrected chi connectivity index (χ0v) is 11.3. The van der Waals surface area contributed by atoms with Gasteiger partial charge in [-0.1, -0.05) is 0 Å². The lowest BCUT2D eigenvalue weighted by Crippen LogP contribution is -2.41. The van der Waals surface area contributed by atoms with Crippen LogP contribution in [0, 0.1) is 0 Å². The number of carbonyl (C=O) groups is 1. The average molecular weight is 251 g/mol. The van der Waals surface area contributed by atoms with Crippen LogP contribution in [0.15, 0.2) is 23.0 Å². The maximum absolute atomic E-state index is 12.2. The van der Waals surface area contributed by atoms with Crippen LogP contribution in [0.1, 0.15) is 51.6 Å². The minimum atomic E-state index is -0.449. The molecule has 1 saturated heterocycles. The van der Waals surface area contributed by atoms with E-state index < -0.39 is 5.60 Å². The Kier molecular flexibility index (Phi) is 3.64. The molecule has 100 valence electrons. The summed E-state index contributed by atoms with van der Waals surface area (Å²) in [6, 6.07) is 2.01. The van der Waals surface area contributed by atoms with Crippen molar-refractivity contribution in [2.24, 2.45) is 0 Å². The fourth-order valence-corrected chi connectivity index (χ4v) is 2.28. The molecule has 2 rings (SSSR count). The SMILES string of the molecule is CC(C)(C)OC(=O)N1CCCC[C@H]1c1ccoc1. The summed E-state index contributed by atoms with van der Waals surface area (Å²) >= 11 is 0. The molecule has 4 nitrogen and oxygen atoms in total. The molecule has 1 aromatic rings. The molecule has 1 aromatic heterocycles. The van der Waals surface area contributed by atoms with Crippen LogP contribution < -0.4 is 0 Å². The highest BCUT2D eigenvalue weighted by Crippen LogP contribution is 2.32. The van der Waals surface area contributed by atoms with E-state index in [2.05, 4.69) is 0 Å². The Labute approximate surface area is 108 Å². The van der Waals surface area contributed by atoms with Crippen LogP contribution in [0.3, 0.4) is 0 Å². The van der Waals surface area contributed by atoms with Gasteiger partial charge < -0.3 is 14.1 Å². The van der Waals surface area contributed by atoms with Gasteiger partial charge in [-0.3, -0.25) is 0 Å². The summed E-state index contributed by atoms with van der Waals surface area (Å²) < 4.78 is 10.6. The first-order valence-electron chi connectivity index (χ1n) is 6.49. The molecular formula is C14H21NO3. The second-order valence-electron chi connectivity index (χ2n) is 5.74. The molecule has 2 heterocycles. The third-order valence-corrected chi connectivity index (χ3v) is 3.06. The number of carbonyl (C=O) groups excluding carboxylic acids is 1. The number of nitrogens with zero attached hydrogens (tertiary/aromatic N) is 1. The van der Waals surface area contributed by atoms with Crippen molar-refractivity contribution in [2.45, 2.75) is 51.7 Å². The number of piperidine rings is 1. The molecule has 1 amide bonds. The van der Waals surface area contributed by atoms with Crippen LogP contribution in [0.2, 0.25) is 0 Å². The molecule has 0 bridgehead atoms. The average Bonchev–Trinajstić information content (AvgIpc) is 2.80. The standard InChI is InChI=1S/C14H21NO3/c1-14(2,3)18-13(16)15-8-5-4-6-12(15)11-7-9-17-10-11/h7,9-10,12H,4-6,8H2,1-3H3/t12-/m0/s1. The van der Waals surface area contributed by atoms with Gasteiger partial charge in [0.15, 0.2) is 0 Å². The van der Waals surface area contributed by atoms with Crippen LogP contribution in [0.4, 0.5) is 4.79 Å². The summed E-state index contributed by atoms with van der Waals surface area (Å²) in [5.41, 5.74) is 0.607. The molecule has 18 heavy (non-hydrogen) atoms. The molecule has 1 atom stereocenters. The molecule has 4 heteroatoms. The third kappa shape index (κ3) is 3.06. The molecule has 0 N–H and O–H groups in total. The Morgan fingerprint density at radius 3 is 2.83 bits per heavy atom. The lowest BCUT2D eigenvalue weighted by atomic mass is 9.98. The molecule has 0 radical (unpaired) electrons. The van der Waals surface area contributed by atoms with E-state index >= 15 is 0 Å². The first kappa shape index (κ1) is 13.0. The summed E-state index contributed by atoms with van der Waals surface area (Å²) in [4.78, 5) is 14.0. The Morgan fingerprint density at radius 2 is 2.22 bits per heavy atom. The van der Waals surface area contributed by atoms with Gasteiger partial charge in [0.25, 0.3) is 0 Å². The van der Waals surface area contributed by atoms with Gasteiger partial charge in [-0.2, -0.15) is 0 Å². The number of ether oxygens (including phenoxy) is 1. The van der Waals surface area contributed by atoms with Crippen molar-refractivity contribution in [2.75, 3.05) is 6.54 Å². The van der Waals surface area contributed by atoms with E-state index in [9.17, 15) is 4.79 Å². The van der Waals surface area contributed by atoms with E-state index in [0.717, 1.165) is 31.4 Å². The topological polar surface area (TPSA) is 42.7 Å². The van der Waals surface area contributed by atoms with E-state index in [1.54, 1.807) is 12.5 Å². The largest absolute Gasteiger partial charge is 0.472 e. The molecular weight excluding hydrogens is 230 g/mol. The van der Waals surface area contributed by atoms with Crippen molar-refractivity contribution < 1.29 is 13.9 Å². The Bertz CT molecular complexity index is 392. The lowest BCUT2D eigenvalue weighted by molar-refractivity contribution is 0.00946. The quantitative estimate of drug-likeness (QED) is 0.763. The highest BCUT2D eigenvalue weighted by molar-refractivity contribution is 5.69. The van der Waals surface area contributed by atoms with Gasteiger partial charge in [-0.05, 0) is 46.1 Å². The molecule has 1 fully saturated rings. The minimum Gasteiger partial charge on any atom is -0.472 e.